The second-order valence-corrected chi connectivity index (χ2v) is 14.1. The van der Waals surface area contributed by atoms with Crippen molar-refractivity contribution in [2.45, 2.75) is 245 Å². The Balaban J connectivity index is 0. The van der Waals surface area contributed by atoms with Gasteiger partial charge in [-0.1, -0.05) is 201 Å². The average molecular weight is 677 g/mol. The summed E-state index contributed by atoms with van der Waals surface area (Å²) in [7, 11) is 0. The zero-order chi connectivity index (χ0) is 34.0. The second kappa shape index (κ2) is 37.1. The van der Waals surface area contributed by atoms with Crippen LogP contribution in [-0.2, 0) is 19.1 Å². The van der Waals surface area contributed by atoms with E-state index in [1.165, 1.54) is 154 Å². The summed E-state index contributed by atoms with van der Waals surface area (Å²) >= 11 is 0. The fourth-order valence-electron chi connectivity index (χ4n) is 6.18. The van der Waals surface area contributed by atoms with Gasteiger partial charge < -0.3 is 9.47 Å². The molecule has 0 saturated carbocycles. The van der Waals surface area contributed by atoms with Gasteiger partial charge in [-0.05, 0) is 12.8 Å². The molecule has 0 saturated heterocycles. The number of rotatable bonds is 36. The Morgan fingerprint density at radius 2 is 0.723 bits per heavy atom. The summed E-state index contributed by atoms with van der Waals surface area (Å²) in [6.45, 7) is 6.34. The van der Waals surface area contributed by atoms with E-state index in [1.54, 1.807) is 6.92 Å². The number of ether oxygens (including phenoxy) is 2. The van der Waals surface area contributed by atoms with Crippen molar-refractivity contribution in [3.05, 3.63) is 0 Å². The van der Waals surface area contributed by atoms with E-state index in [2.05, 4.69) is 13.8 Å². The van der Waals surface area contributed by atoms with Crippen LogP contribution in [-0.4, -0.2) is 53.4 Å². The fraction of sp³-hybridized carbons (Fsp3) is 0.950. The molecule has 0 spiro atoms. The summed E-state index contributed by atoms with van der Waals surface area (Å²) in [6, 6.07) is 0. The van der Waals surface area contributed by atoms with Gasteiger partial charge in [0.05, 0.1) is 0 Å². The molecule has 0 aliphatic heterocycles. The minimum absolute atomic E-state index is 0. The van der Waals surface area contributed by atoms with Crippen molar-refractivity contribution in [3.63, 3.8) is 0 Å². The summed E-state index contributed by atoms with van der Waals surface area (Å²) in [5, 5.41) is 0. The average Bonchev–Trinajstić information content (AvgIpc) is 3.04. The van der Waals surface area contributed by atoms with Crippen LogP contribution in [0.4, 0.5) is 0 Å². The van der Waals surface area contributed by atoms with Crippen LogP contribution < -0.4 is 11.5 Å². The van der Waals surface area contributed by atoms with Crippen molar-refractivity contribution in [3.8, 4) is 0 Å². The Morgan fingerprint density at radius 3 is 1.00 bits per heavy atom. The molecule has 0 aliphatic rings. The van der Waals surface area contributed by atoms with Crippen LogP contribution in [0.1, 0.15) is 233 Å². The summed E-state index contributed by atoms with van der Waals surface area (Å²) < 4.78 is 10.9. The molecule has 2 atom stereocenters. The second-order valence-electron chi connectivity index (χ2n) is 14.1. The third-order valence-corrected chi connectivity index (χ3v) is 9.57. The van der Waals surface area contributed by atoms with E-state index in [4.69, 9.17) is 20.9 Å². The van der Waals surface area contributed by atoms with Gasteiger partial charge in [0, 0.05) is 19.3 Å². The first kappa shape index (κ1) is 49.0. The van der Waals surface area contributed by atoms with Crippen molar-refractivity contribution in [2.75, 3.05) is 0 Å². The van der Waals surface area contributed by atoms with Gasteiger partial charge in [-0.15, -0.1) is 0 Å². The molecule has 6 nitrogen and oxygen atoms in total. The van der Waals surface area contributed by atoms with Gasteiger partial charge in [0.1, 0.15) is 0 Å². The Labute approximate surface area is 315 Å². The molecular weight excluding hydrogens is 595 g/mol. The molecule has 0 heterocycles. The number of carbonyl (C=O) groups excluding carboxylic acids is 2. The number of esters is 2. The van der Waals surface area contributed by atoms with Gasteiger partial charge in [-0.2, -0.15) is 0 Å². The number of hydrogen-bond acceptors (Lipinski definition) is 6. The van der Waals surface area contributed by atoms with Crippen molar-refractivity contribution in [1.29, 1.82) is 0 Å². The van der Waals surface area contributed by atoms with Gasteiger partial charge in [-0.3, -0.25) is 21.1 Å². The Morgan fingerprint density at radius 1 is 0.468 bits per heavy atom. The Kier molecular flexibility index (Phi) is 38.7. The maximum absolute atomic E-state index is 12.5. The molecule has 4 N–H and O–H groups in total. The first-order valence-electron chi connectivity index (χ1n) is 20.3. The molecule has 0 fully saturated rings. The summed E-state index contributed by atoms with van der Waals surface area (Å²) in [5.41, 5.74) is 10.9. The SMILES string of the molecule is CCCCCCCCCCCCCCCCCC(=O)OC(N)C(N)(CC)OC(=O)CCCCCCCCCCCCCCCCC.[NaH]. The van der Waals surface area contributed by atoms with Gasteiger partial charge in [0.25, 0.3) is 0 Å². The molecule has 0 aliphatic carbocycles. The zero-order valence-corrected chi connectivity index (χ0v) is 31.2. The minimum atomic E-state index is -1.49. The first-order chi connectivity index (χ1) is 22.4. The molecular formula is C40H81N2NaO4. The van der Waals surface area contributed by atoms with E-state index in [-0.39, 0.29) is 47.9 Å². The Bertz CT molecular complexity index is 681. The molecule has 0 radical (unpaired) electrons. The van der Waals surface area contributed by atoms with Crippen LogP contribution >= 0.6 is 0 Å². The third kappa shape index (κ3) is 32.8. The molecule has 0 aromatic heterocycles. The van der Waals surface area contributed by atoms with Gasteiger partial charge in [0.2, 0.25) is 12.0 Å². The standard InChI is InChI=1S/C40H80N2O4.Na.H/c1-4-7-9-11-13-15-17-19-21-23-25-27-29-31-33-35-37(43)45-39(41)40(42,6-3)46-38(44)36-34-32-30-28-26-24-22-20-18-16-14-12-10-8-5-2;;/h39H,4-36,41-42H2,1-3H3;;. The van der Waals surface area contributed by atoms with Crippen LogP contribution in [0.15, 0.2) is 0 Å². The van der Waals surface area contributed by atoms with E-state index < -0.39 is 12.0 Å². The van der Waals surface area contributed by atoms with Crippen molar-refractivity contribution < 1.29 is 19.1 Å². The van der Waals surface area contributed by atoms with E-state index in [1.807, 2.05) is 0 Å². The van der Waals surface area contributed by atoms with E-state index in [0.717, 1.165) is 38.5 Å². The Hall–Kier alpha value is -0.140. The molecule has 0 aromatic carbocycles. The van der Waals surface area contributed by atoms with Crippen molar-refractivity contribution >= 4 is 41.5 Å². The summed E-state index contributed by atoms with van der Waals surface area (Å²) in [4.78, 5) is 24.8. The van der Waals surface area contributed by atoms with Gasteiger partial charge in [-0.25, -0.2) is 0 Å². The molecule has 0 aromatic rings. The van der Waals surface area contributed by atoms with Crippen LogP contribution in [0.2, 0.25) is 0 Å². The molecule has 0 rings (SSSR count). The monoisotopic (exact) mass is 677 g/mol. The predicted octanol–water partition coefficient (Wildman–Crippen LogP) is 11.3. The third-order valence-electron chi connectivity index (χ3n) is 9.57. The molecule has 0 bridgehead atoms. The quantitative estimate of drug-likeness (QED) is 0.0296. The topological polar surface area (TPSA) is 105 Å². The molecule has 2 unspecified atom stereocenters. The number of nitrogens with two attached hydrogens (primary N) is 2. The maximum atomic E-state index is 12.5. The van der Waals surface area contributed by atoms with Gasteiger partial charge in [0.15, 0.2) is 0 Å². The normalized spacial score (nSPS) is 13.1. The predicted molar refractivity (Wildman–Crippen MR) is 204 cm³/mol. The first-order valence-corrected chi connectivity index (χ1v) is 20.3. The summed E-state index contributed by atoms with van der Waals surface area (Å²) in [5.74, 6) is -0.739. The van der Waals surface area contributed by atoms with E-state index >= 15 is 0 Å². The number of hydrogen-bond donors (Lipinski definition) is 2. The fourth-order valence-corrected chi connectivity index (χ4v) is 6.18. The summed E-state index contributed by atoms with van der Waals surface area (Å²) in [6.07, 6.45) is 38.1. The number of unbranched alkanes of at least 4 members (excludes halogenated alkanes) is 28. The van der Waals surface area contributed by atoms with Crippen LogP contribution in [0.25, 0.3) is 0 Å². The van der Waals surface area contributed by atoms with Crippen LogP contribution in [0.5, 0.6) is 0 Å². The zero-order valence-electron chi connectivity index (χ0n) is 31.2. The van der Waals surface area contributed by atoms with Gasteiger partial charge >= 0.3 is 41.5 Å². The van der Waals surface area contributed by atoms with E-state index in [0.29, 0.717) is 12.8 Å². The van der Waals surface area contributed by atoms with Crippen LogP contribution in [0, 0.1) is 0 Å². The molecule has 7 heteroatoms. The molecule has 276 valence electrons. The van der Waals surface area contributed by atoms with Crippen molar-refractivity contribution in [2.24, 2.45) is 11.5 Å². The van der Waals surface area contributed by atoms with E-state index in [9.17, 15) is 9.59 Å². The molecule has 47 heavy (non-hydrogen) atoms. The van der Waals surface area contributed by atoms with Crippen molar-refractivity contribution in [1.82, 2.24) is 0 Å². The molecule has 0 amide bonds. The number of carbonyl (C=O) groups is 2. The van der Waals surface area contributed by atoms with Crippen LogP contribution in [0.3, 0.4) is 0 Å².